The number of carbonyl (C=O) groups is 1. The topological polar surface area (TPSA) is 95.7 Å². The van der Waals surface area contributed by atoms with E-state index in [0.29, 0.717) is 16.3 Å². The van der Waals surface area contributed by atoms with Gasteiger partial charge in [-0.25, -0.2) is 4.39 Å². The van der Waals surface area contributed by atoms with Crippen LogP contribution >= 0.6 is 23.2 Å². The van der Waals surface area contributed by atoms with Gasteiger partial charge >= 0.3 is 0 Å². The molecule has 35 heavy (non-hydrogen) atoms. The summed E-state index contributed by atoms with van der Waals surface area (Å²) in [6.07, 6.45) is 5.33. The monoisotopic (exact) mass is 521 g/mol. The fourth-order valence-corrected chi connectivity index (χ4v) is 6.99. The summed E-state index contributed by atoms with van der Waals surface area (Å²) in [7, 11) is 0. The van der Waals surface area contributed by atoms with Gasteiger partial charge in [0.15, 0.2) is 0 Å². The first-order valence-corrected chi connectivity index (χ1v) is 12.7. The van der Waals surface area contributed by atoms with Crippen molar-refractivity contribution in [2.24, 2.45) is 0 Å². The lowest BCUT2D eigenvalue weighted by Crippen LogP contribution is -2.57. The molecule has 2 aromatic carbocycles. The molecule has 10 heteroatoms. The SMILES string of the molecule is O=C1Nc2cc(Cl)ccc2[C@@]12[C@@H](c1cccc(Cl)c1F)[C@H]([N+](=O)[O-])[C@H](CO)N2C1CCCCCC1. The highest BCUT2D eigenvalue weighted by Crippen LogP contribution is 2.59. The Balaban J connectivity index is 1.84. The lowest BCUT2D eigenvalue weighted by Gasteiger charge is -2.43. The Morgan fingerprint density at radius 2 is 1.89 bits per heavy atom. The van der Waals surface area contributed by atoms with Crippen molar-refractivity contribution in [3.63, 3.8) is 0 Å². The number of benzene rings is 2. The Bertz CT molecular complexity index is 1170. The Morgan fingerprint density at radius 3 is 2.54 bits per heavy atom. The van der Waals surface area contributed by atoms with E-state index >= 15 is 4.39 Å². The second-order valence-electron chi connectivity index (χ2n) is 9.61. The van der Waals surface area contributed by atoms with Gasteiger partial charge in [0.25, 0.3) is 5.91 Å². The summed E-state index contributed by atoms with van der Waals surface area (Å²) in [5, 5.41) is 26.3. The standard InChI is InChI=1S/C25H26Cl2FN3O4/c26-14-10-11-17-19(12-14)29-24(33)25(17)21(16-8-5-9-18(27)22(16)28)23(31(34)35)20(13-32)30(25)15-6-3-1-2-4-7-15/h5,8-12,15,20-21,23,32H,1-4,6-7,13H2,(H,29,33)/t20-,21-,23+,25+/m0/s1. The Hall–Kier alpha value is -2.26. The molecule has 0 unspecified atom stereocenters. The Labute approximate surface area is 212 Å². The van der Waals surface area contributed by atoms with Crippen LogP contribution in [0.4, 0.5) is 10.1 Å². The summed E-state index contributed by atoms with van der Waals surface area (Å²) < 4.78 is 15.6. The van der Waals surface area contributed by atoms with Crippen LogP contribution in [0.5, 0.6) is 0 Å². The fraction of sp³-hybridized carbons (Fsp3) is 0.480. The first-order valence-electron chi connectivity index (χ1n) is 11.9. The van der Waals surface area contributed by atoms with Crippen molar-refractivity contribution < 1.29 is 19.2 Å². The number of hydrogen-bond donors (Lipinski definition) is 2. The first kappa shape index (κ1) is 24.4. The number of carbonyl (C=O) groups excluding carboxylic acids is 1. The summed E-state index contributed by atoms with van der Waals surface area (Å²) in [6.45, 7) is -0.543. The maximum atomic E-state index is 15.6. The highest BCUT2D eigenvalue weighted by Gasteiger charge is 2.72. The summed E-state index contributed by atoms with van der Waals surface area (Å²) in [4.78, 5) is 28.0. The van der Waals surface area contributed by atoms with Gasteiger partial charge in [0.1, 0.15) is 17.4 Å². The second-order valence-corrected chi connectivity index (χ2v) is 10.5. The van der Waals surface area contributed by atoms with E-state index in [1.165, 1.54) is 18.2 Å². The quantitative estimate of drug-likeness (QED) is 0.331. The molecule has 0 radical (unpaired) electrons. The molecule has 4 atom stereocenters. The van der Waals surface area contributed by atoms with Gasteiger partial charge in [0.05, 0.1) is 17.5 Å². The van der Waals surface area contributed by atoms with E-state index in [1.54, 1.807) is 18.2 Å². The second kappa shape index (κ2) is 9.32. The molecule has 2 aromatic rings. The molecule has 1 saturated heterocycles. The predicted octanol–water partition coefficient (Wildman–Crippen LogP) is 5.11. The molecule has 5 rings (SSSR count). The van der Waals surface area contributed by atoms with Crippen LogP contribution in [0.25, 0.3) is 0 Å². The number of amides is 1. The number of nitrogens with zero attached hydrogens (tertiary/aromatic N) is 2. The number of aliphatic hydroxyl groups excluding tert-OH is 1. The molecular weight excluding hydrogens is 496 g/mol. The van der Waals surface area contributed by atoms with Gasteiger partial charge in [0.2, 0.25) is 6.04 Å². The van der Waals surface area contributed by atoms with E-state index in [2.05, 4.69) is 5.32 Å². The van der Waals surface area contributed by atoms with Crippen LogP contribution in [0, 0.1) is 15.9 Å². The molecule has 0 bridgehead atoms. The molecule has 1 saturated carbocycles. The molecule has 7 nitrogen and oxygen atoms in total. The number of rotatable bonds is 4. The van der Waals surface area contributed by atoms with Crippen LogP contribution in [-0.2, 0) is 10.3 Å². The minimum absolute atomic E-state index is 0.00766. The Kier molecular flexibility index (Phi) is 6.50. The van der Waals surface area contributed by atoms with Crippen molar-refractivity contribution in [3.05, 3.63) is 73.5 Å². The van der Waals surface area contributed by atoms with Gasteiger partial charge < -0.3 is 10.4 Å². The number of nitrogens with one attached hydrogen (secondary N) is 1. The summed E-state index contributed by atoms with van der Waals surface area (Å²) in [6, 6.07) is 6.65. The molecule has 2 fully saturated rings. The molecule has 186 valence electrons. The van der Waals surface area contributed by atoms with Crippen molar-refractivity contribution in [2.75, 3.05) is 11.9 Å². The lowest BCUT2D eigenvalue weighted by atomic mass is 9.73. The number of likely N-dealkylation sites (tertiary alicyclic amines) is 1. The van der Waals surface area contributed by atoms with Crippen LogP contribution in [0.3, 0.4) is 0 Å². The maximum absolute atomic E-state index is 15.6. The van der Waals surface area contributed by atoms with Crippen molar-refractivity contribution in [1.82, 2.24) is 4.90 Å². The summed E-state index contributed by atoms with van der Waals surface area (Å²) in [5.41, 5.74) is -0.671. The minimum Gasteiger partial charge on any atom is -0.394 e. The predicted molar refractivity (Wildman–Crippen MR) is 131 cm³/mol. The van der Waals surface area contributed by atoms with Crippen molar-refractivity contribution >= 4 is 34.8 Å². The van der Waals surface area contributed by atoms with E-state index in [1.807, 2.05) is 4.90 Å². The average Bonchev–Trinajstić information content (AvgIpc) is 3.11. The van der Waals surface area contributed by atoms with Gasteiger partial charge in [-0.15, -0.1) is 0 Å². The van der Waals surface area contributed by atoms with Crippen molar-refractivity contribution in [1.29, 1.82) is 0 Å². The van der Waals surface area contributed by atoms with Gasteiger partial charge in [-0.05, 0) is 31.0 Å². The molecule has 2 aliphatic heterocycles. The van der Waals surface area contributed by atoms with Crippen LogP contribution in [0.15, 0.2) is 36.4 Å². The van der Waals surface area contributed by atoms with Crippen LogP contribution in [0.1, 0.15) is 55.6 Å². The lowest BCUT2D eigenvalue weighted by molar-refractivity contribution is -0.529. The van der Waals surface area contributed by atoms with E-state index in [0.717, 1.165) is 38.5 Å². The highest BCUT2D eigenvalue weighted by molar-refractivity contribution is 6.31. The van der Waals surface area contributed by atoms with Crippen LogP contribution in [-0.4, -0.2) is 45.6 Å². The average molecular weight is 522 g/mol. The number of anilines is 1. The zero-order valence-corrected chi connectivity index (χ0v) is 20.4. The number of hydrogen-bond acceptors (Lipinski definition) is 5. The molecule has 2 N–H and O–H groups in total. The molecule has 0 aromatic heterocycles. The number of fused-ring (bicyclic) bond motifs is 2. The largest absolute Gasteiger partial charge is 0.394 e. The van der Waals surface area contributed by atoms with E-state index < -0.39 is 46.8 Å². The fourth-order valence-electron chi connectivity index (χ4n) is 6.64. The Morgan fingerprint density at radius 1 is 1.17 bits per heavy atom. The number of aliphatic hydroxyl groups is 1. The van der Waals surface area contributed by atoms with Gasteiger partial charge in [0, 0.05) is 32.8 Å². The van der Waals surface area contributed by atoms with Crippen molar-refractivity contribution in [3.8, 4) is 0 Å². The first-order chi connectivity index (χ1) is 16.8. The highest BCUT2D eigenvalue weighted by atomic mass is 35.5. The zero-order chi connectivity index (χ0) is 24.9. The third-order valence-electron chi connectivity index (χ3n) is 7.90. The summed E-state index contributed by atoms with van der Waals surface area (Å²) in [5.74, 6) is -2.50. The molecule has 1 amide bonds. The molecule has 2 heterocycles. The molecule has 1 spiro atoms. The molecular formula is C25H26Cl2FN3O4. The van der Waals surface area contributed by atoms with Crippen LogP contribution in [0.2, 0.25) is 10.0 Å². The number of halogens is 3. The van der Waals surface area contributed by atoms with Crippen LogP contribution < -0.4 is 5.32 Å². The molecule has 1 aliphatic carbocycles. The number of nitro groups is 1. The van der Waals surface area contributed by atoms with Gasteiger partial charge in [-0.3, -0.25) is 19.8 Å². The van der Waals surface area contributed by atoms with Gasteiger partial charge in [-0.2, -0.15) is 0 Å². The maximum Gasteiger partial charge on any atom is 0.250 e. The molecule has 3 aliphatic rings. The summed E-state index contributed by atoms with van der Waals surface area (Å²) >= 11 is 12.3. The third-order valence-corrected chi connectivity index (χ3v) is 8.43. The van der Waals surface area contributed by atoms with E-state index in [9.17, 15) is 20.0 Å². The van der Waals surface area contributed by atoms with Gasteiger partial charge in [-0.1, -0.05) is 67.1 Å². The minimum atomic E-state index is -1.61. The smallest absolute Gasteiger partial charge is 0.250 e. The normalized spacial score (nSPS) is 29.3. The van der Waals surface area contributed by atoms with E-state index in [4.69, 9.17) is 23.2 Å². The third kappa shape index (κ3) is 3.65. The zero-order valence-electron chi connectivity index (χ0n) is 18.9. The van der Waals surface area contributed by atoms with E-state index in [-0.39, 0.29) is 16.6 Å². The van der Waals surface area contributed by atoms with Crippen molar-refractivity contribution in [2.45, 2.75) is 68.1 Å².